The predicted octanol–water partition coefficient (Wildman–Crippen LogP) is 3.51. The second-order valence-corrected chi connectivity index (χ2v) is 6.97. The van der Waals surface area contributed by atoms with Crippen molar-refractivity contribution in [2.45, 2.75) is 25.9 Å². The highest BCUT2D eigenvalue weighted by Gasteiger charge is 2.17. The number of rotatable bonds is 4. The lowest BCUT2D eigenvalue weighted by Gasteiger charge is -1.99. The number of benzene rings is 1. The highest BCUT2D eigenvalue weighted by atomic mass is 32.2. The Kier molecular flexibility index (Phi) is 3.80. The van der Waals surface area contributed by atoms with Gasteiger partial charge in [0.15, 0.2) is 5.78 Å². The minimum atomic E-state index is 0.0691. The Bertz CT molecular complexity index is 1110. The molecule has 3 aromatic heterocycles. The number of nitrogens with one attached hydrogen (secondary N) is 1. The minimum absolute atomic E-state index is 0.0691. The Morgan fingerprint density at radius 2 is 2.00 bits per heavy atom. The van der Waals surface area contributed by atoms with Crippen molar-refractivity contribution < 1.29 is 4.79 Å². The molecule has 6 nitrogen and oxygen atoms in total. The van der Waals surface area contributed by atoms with Gasteiger partial charge in [-0.2, -0.15) is 4.98 Å². The summed E-state index contributed by atoms with van der Waals surface area (Å²) in [6.07, 6.45) is 0. The SMILES string of the molecule is Cc1cc(C)n2nc(SCC(=O)c3c(C)[nH]c4ccccc34)nc2n1. The third kappa shape index (κ3) is 2.80. The Morgan fingerprint density at radius 1 is 1.20 bits per heavy atom. The number of hydrogen-bond donors (Lipinski definition) is 1. The summed E-state index contributed by atoms with van der Waals surface area (Å²) in [6.45, 7) is 5.82. The van der Waals surface area contributed by atoms with Crippen molar-refractivity contribution in [3.05, 3.63) is 53.0 Å². The molecule has 0 aliphatic heterocycles. The van der Waals surface area contributed by atoms with E-state index in [0.29, 0.717) is 10.9 Å². The topological polar surface area (TPSA) is 75.9 Å². The maximum absolute atomic E-state index is 12.7. The molecule has 0 aliphatic carbocycles. The number of thioether (sulfide) groups is 1. The zero-order valence-corrected chi connectivity index (χ0v) is 15.0. The van der Waals surface area contributed by atoms with E-state index in [1.165, 1.54) is 11.8 Å². The summed E-state index contributed by atoms with van der Waals surface area (Å²) in [4.78, 5) is 24.8. The number of aromatic nitrogens is 5. The van der Waals surface area contributed by atoms with Crippen LogP contribution in [0.4, 0.5) is 0 Å². The van der Waals surface area contributed by atoms with Crippen LogP contribution in [0.5, 0.6) is 0 Å². The molecule has 126 valence electrons. The van der Waals surface area contributed by atoms with Crippen LogP contribution in [0.3, 0.4) is 0 Å². The number of para-hydroxylation sites is 1. The van der Waals surface area contributed by atoms with E-state index >= 15 is 0 Å². The van der Waals surface area contributed by atoms with E-state index < -0.39 is 0 Å². The van der Waals surface area contributed by atoms with Crippen LogP contribution in [0.1, 0.15) is 27.4 Å². The van der Waals surface area contributed by atoms with E-state index in [1.54, 1.807) is 4.52 Å². The van der Waals surface area contributed by atoms with Crippen LogP contribution >= 0.6 is 11.8 Å². The highest BCUT2D eigenvalue weighted by molar-refractivity contribution is 7.99. The Hall–Kier alpha value is -2.67. The lowest BCUT2D eigenvalue weighted by molar-refractivity contribution is 0.102. The Morgan fingerprint density at radius 3 is 2.84 bits per heavy atom. The highest BCUT2D eigenvalue weighted by Crippen LogP contribution is 2.25. The van der Waals surface area contributed by atoms with E-state index in [9.17, 15) is 4.79 Å². The maximum atomic E-state index is 12.7. The van der Waals surface area contributed by atoms with Crippen LogP contribution in [0, 0.1) is 20.8 Å². The first-order valence-electron chi connectivity index (χ1n) is 7.97. The van der Waals surface area contributed by atoms with Gasteiger partial charge in [0.25, 0.3) is 5.78 Å². The standard InChI is InChI=1S/C18H17N5OS/c1-10-8-11(2)23-17(19-10)21-18(22-23)25-9-15(24)16-12(3)20-14-7-5-4-6-13(14)16/h4-8,20H,9H2,1-3H3. The molecule has 3 heterocycles. The minimum Gasteiger partial charge on any atom is -0.358 e. The molecule has 0 aliphatic rings. The van der Waals surface area contributed by atoms with Gasteiger partial charge < -0.3 is 4.98 Å². The molecule has 0 saturated heterocycles. The van der Waals surface area contributed by atoms with E-state index in [2.05, 4.69) is 20.1 Å². The van der Waals surface area contributed by atoms with Crippen molar-refractivity contribution >= 4 is 34.2 Å². The summed E-state index contributed by atoms with van der Waals surface area (Å²) in [5.41, 5.74) is 4.49. The molecular weight excluding hydrogens is 334 g/mol. The van der Waals surface area contributed by atoms with E-state index in [0.717, 1.165) is 33.5 Å². The van der Waals surface area contributed by atoms with Crippen LogP contribution in [-0.4, -0.2) is 36.1 Å². The molecule has 0 atom stereocenters. The number of aromatic amines is 1. The fraction of sp³-hybridized carbons (Fsp3) is 0.222. The zero-order valence-electron chi connectivity index (χ0n) is 14.2. The monoisotopic (exact) mass is 351 g/mol. The molecule has 0 amide bonds. The molecule has 0 radical (unpaired) electrons. The second kappa shape index (κ2) is 6.00. The summed E-state index contributed by atoms with van der Waals surface area (Å²) in [5, 5.41) is 5.96. The third-order valence-electron chi connectivity index (χ3n) is 4.10. The quantitative estimate of drug-likeness (QED) is 0.450. The number of ketones is 1. The summed E-state index contributed by atoms with van der Waals surface area (Å²) >= 11 is 1.34. The molecule has 0 fully saturated rings. The fourth-order valence-electron chi connectivity index (χ4n) is 3.05. The smallest absolute Gasteiger partial charge is 0.253 e. The van der Waals surface area contributed by atoms with Crippen molar-refractivity contribution in [1.82, 2.24) is 24.6 Å². The molecule has 0 bridgehead atoms. The number of carbonyl (C=O) groups excluding carboxylic acids is 1. The van der Waals surface area contributed by atoms with Gasteiger partial charge in [-0.05, 0) is 32.9 Å². The summed E-state index contributed by atoms with van der Waals surface area (Å²) in [6, 6.07) is 9.80. The number of H-pyrrole nitrogens is 1. The first-order valence-corrected chi connectivity index (χ1v) is 8.96. The first-order chi connectivity index (χ1) is 12.0. The molecule has 25 heavy (non-hydrogen) atoms. The van der Waals surface area contributed by atoms with E-state index in [1.807, 2.05) is 51.1 Å². The molecule has 4 rings (SSSR count). The van der Waals surface area contributed by atoms with Crippen molar-refractivity contribution in [3.63, 3.8) is 0 Å². The van der Waals surface area contributed by atoms with Crippen molar-refractivity contribution in [3.8, 4) is 0 Å². The second-order valence-electron chi connectivity index (χ2n) is 6.03. The average Bonchev–Trinajstić information content (AvgIpc) is 3.12. The van der Waals surface area contributed by atoms with Gasteiger partial charge in [0.1, 0.15) is 0 Å². The van der Waals surface area contributed by atoms with Crippen LogP contribution < -0.4 is 0 Å². The number of aryl methyl sites for hydroxylation is 3. The average molecular weight is 351 g/mol. The van der Waals surface area contributed by atoms with Crippen LogP contribution in [0.2, 0.25) is 0 Å². The van der Waals surface area contributed by atoms with Crippen LogP contribution in [0.15, 0.2) is 35.5 Å². The fourth-order valence-corrected chi connectivity index (χ4v) is 3.74. The number of carbonyl (C=O) groups is 1. The van der Waals surface area contributed by atoms with Gasteiger partial charge in [-0.25, -0.2) is 9.50 Å². The lowest BCUT2D eigenvalue weighted by Crippen LogP contribution is -2.04. The molecule has 0 unspecified atom stereocenters. The normalized spacial score (nSPS) is 11.5. The molecule has 1 aromatic carbocycles. The van der Waals surface area contributed by atoms with Gasteiger partial charge in [-0.1, -0.05) is 30.0 Å². The number of hydrogen-bond acceptors (Lipinski definition) is 5. The van der Waals surface area contributed by atoms with Crippen molar-refractivity contribution in [1.29, 1.82) is 0 Å². The van der Waals surface area contributed by atoms with Crippen molar-refractivity contribution in [2.75, 3.05) is 5.75 Å². The molecule has 0 saturated carbocycles. The number of Topliss-reactive ketones (excluding diaryl/α,β-unsaturated/α-hetero) is 1. The summed E-state index contributed by atoms with van der Waals surface area (Å²) in [7, 11) is 0. The van der Waals surface area contributed by atoms with Gasteiger partial charge in [-0.3, -0.25) is 4.79 Å². The molecule has 0 spiro atoms. The molecule has 7 heteroatoms. The predicted molar refractivity (Wildman–Crippen MR) is 98.3 cm³/mol. The molecule has 4 aromatic rings. The number of fused-ring (bicyclic) bond motifs is 2. The van der Waals surface area contributed by atoms with E-state index in [4.69, 9.17) is 0 Å². The van der Waals surface area contributed by atoms with Gasteiger partial charge in [0.05, 0.1) is 5.75 Å². The lowest BCUT2D eigenvalue weighted by atomic mass is 10.1. The van der Waals surface area contributed by atoms with Crippen molar-refractivity contribution in [2.24, 2.45) is 0 Å². The number of nitrogens with zero attached hydrogens (tertiary/aromatic N) is 4. The maximum Gasteiger partial charge on any atom is 0.253 e. The van der Waals surface area contributed by atoms with Crippen LogP contribution in [0.25, 0.3) is 16.7 Å². The van der Waals surface area contributed by atoms with Gasteiger partial charge in [0.2, 0.25) is 5.16 Å². The Balaban J connectivity index is 1.59. The Labute approximate surface area is 148 Å². The van der Waals surface area contributed by atoms with Crippen LogP contribution in [-0.2, 0) is 0 Å². The largest absolute Gasteiger partial charge is 0.358 e. The van der Waals surface area contributed by atoms with Gasteiger partial charge in [-0.15, -0.1) is 5.10 Å². The van der Waals surface area contributed by atoms with E-state index in [-0.39, 0.29) is 11.5 Å². The third-order valence-corrected chi connectivity index (χ3v) is 4.94. The molecular formula is C18H17N5OS. The summed E-state index contributed by atoms with van der Waals surface area (Å²) < 4.78 is 1.71. The van der Waals surface area contributed by atoms with Gasteiger partial charge >= 0.3 is 0 Å². The first kappa shape index (κ1) is 15.8. The zero-order chi connectivity index (χ0) is 17.6. The molecule has 1 N–H and O–H groups in total. The summed E-state index contributed by atoms with van der Waals surface area (Å²) in [5.74, 6) is 0.924. The van der Waals surface area contributed by atoms with Gasteiger partial charge in [0, 0.05) is 33.5 Å².